The van der Waals surface area contributed by atoms with Crippen LogP contribution in [0.5, 0.6) is 0 Å². The number of alkyl halides is 3. The van der Waals surface area contributed by atoms with Crippen molar-refractivity contribution in [2.75, 3.05) is 45.8 Å². The van der Waals surface area contributed by atoms with Gasteiger partial charge in [-0.1, -0.05) is 19.9 Å². The first-order valence-electron chi connectivity index (χ1n) is 11.2. The van der Waals surface area contributed by atoms with E-state index in [1.807, 2.05) is 4.90 Å². The van der Waals surface area contributed by atoms with Gasteiger partial charge in [-0.15, -0.1) is 0 Å². The molecule has 2 aliphatic heterocycles. The number of amides is 1. The molecule has 2 aliphatic rings. The van der Waals surface area contributed by atoms with E-state index >= 15 is 0 Å². The summed E-state index contributed by atoms with van der Waals surface area (Å²) < 4.78 is 65.8. The second-order valence-corrected chi connectivity index (χ2v) is 11.0. The quantitative estimate of drug-likeness (QED) is 0.634. The van der Waals surface area contributed by atoms with E-state index in [-0.39, 0.29) is 29.8 Å². The number of rotatable bonds is 6. The number of benzene rings is 1. The zero-order valence-corrected chi connectivity index (χ0v) is 19.5. The predicted octanol–water partition coefficient (Wildman–Crippen LogP) is 3.30. The fourth-order valence-corrected chi connectivity index (χ4v) is 5.73. The van der Waals surface area contributed by atoms with Crippen LogP contribution in [-0.2, 0) is 21.0 Å². The van der Waals surface area contributed by atoms with Gasteiger partial charge in [-0.05, 0) is 49.9 Å². The molecule has 1 aromatic rings. The van der Waals surface area contributed by atoms with Crippen LogP contribution >= 0.6 is 0 Å². The first-order chi connectivity index (χ1) is 15.0. The molecule has 0 aromatic heterocycles. The predicted molar refractivity (Wildman–Crippen MR) is 115 cm³/mol. The molecular formula is C22H32F3N3O3S. The molecular weight excluding hydrogens is 443 g/mol. The van der Waals surface area contributed by atoms with Gasteiger partial charge in [-0.25, -0.2) is 8.42 Å². The number of hydrogen-bond acceptors (Lipinski definition) is 4. The summed E-state index contributed by atoms with van der Waals surface area (Å²) in [6.45, 7) is 8.73. The first kappa shape index (κ1) is 25.0. The van der Waals surface area contributed by atoms with Crippen molar-refractivity contribution < 1.29 is 26.4 Å². The number of hydrogen-bond donors (Lipinski definition) is 0. The lowest BCUT2D eigenvalue weighted by Gasteiger charge is -2.38. The van der Waals surface area contributed by atoms with Crippen LogP contribution in [0.3, 0.4) is 0 Å². The van der Waals surface area contributed by atoms with E-state index < -0.39 is 21.8 Å². The van der Waals surface area contributed by atoms with Crippen LogP contribution < -0.4 is 0 Å². The molecule has 3 rings (SSSR count). The summed E-state index contributed by atoms with van der Waals surface area (Å²) in [5.41, 5.74) is -0.990. The highest BCUT2D eigenvalue weighted by Gasteiger charge is 2.36. The first-order valence-corrected chi connectivity index (χ1v) is 12.6. The van der Waals surface area contributed by atoms with Gasteiger partial charge in [-0.3, -0.25) is 9.69 Å². The summed E-state index contributed by atoms with van der Waals surface area (Å²) in [7, 11) is -4.04. The van der Waals surface area contributed by atoms with Crippen LogP contribution in [0, 0.1) is 11.8 Å². The number of carbonyl (C=O) groups is 1. The monoisotopic (exact) mass is 475 g/mol. The molecule has 180 valence electrons. The van der Waals surface area contributed by atoms with Crippen molar-refractivity contribution in [2.45, 2.75) is 44.2 Å². The molecule has 1 amide bonds. The van der Waals surface area contributed by atoms with E-state index in [1.165, 1.54) is 10.4 Å². The Balaban J connectivity index is 1.54. The van der Waals surface area contributed by atoms with Gasteiger partial charge in [-0.2, -0.15) is 17.5 Å². The molecule has 0 spiro atoms. The average Bonchev–Trinajstić information content (AvgIpc) is 2.77. The third kappa shape index (κ3) is 6.02. The van der Waals surface area contributed by atoms with Crippen LogP contribution in [0.4, 0.5) is 13.2 Å². The molecule has 0 atom stereocenters. The maximum Gasteiger partial charge on any atom is 0.416 e. The number of halogens is 3. The zero-order chi connectivity index (χ0) is 23.5. The molecule has 0 radical (unpaired) electrons. The highest BCUT2D eigenvalue weighted by atomic mass is 32.2. The molecule has 2 saturated heterocycles. The van der Waals surface area contributed by atoms with Gasteiger partial charge in [0.05, 0.1) is 10.5 Å². The number of nitrogens with zero attached hydrogens (tertiary/aromatic N) is 3. The standard InChI is InChI=1S/C22H32F3N3O3S/c1-17(2)6-9-26-12-14-27(15-13-26)21(29)18-7-10-28(11-8-18)32(30,31)20-5-3-4-19(16-20)22(23,24)25/h3-5,16-18H,6-15H2,1-2H3. The van der Waals surface area contributed by atoms with E-state index in [0.29, 0.717) is 37.9 Å². The highest BCUT2D eigenvalue weighted by Crippen LogP contribution is 2.32. The number of piperidine rings is 1. The molecule has 10 heteroatoms. The second-order valence-electron chi connectivity index (χ2n) is 9.05. The van der Waals surface area contributed by atoms with Crippen molar-refractivity contribution in [3.05, 3.63) is 29.8 Å². The molecule has 0 saturated carbocycles. The van der Waals surface area contributed by atoms with Crippen molar-refractivity contribution in [3.8, 4) is 0 Å². The van der Waals surface area contributed by atoms with E-state index in [0.717, 1.165) is 38.2 Å². The van der Waals surface area contributed by atoms with Crippen LogP contribution in [0.1, 0.15) is 38.7 Å². The Kier molecular flexibility index (Phi) is 7.88. The molecule has 0 bridgehead atoms. The summed E-state index contributed by atoms with van der Waals surface area (Å²) in [6.07, 6.45) is -2.72. The molecule has 32 heavy (non-hydrogen) atoms. The number of piperazine rings is 1. The zero-order valence-electron chi connectivity index (χ0n) is 18.6. The Bertz CT molecular complexity index is 889. The molecule has 2 fully saturated rings. The third-order valence-corrected chi connectivity index (χ3v) is 8.20. The van der Waals surface area contributed by atoms with Gasteiger partial charge < -0.3 is 4.90 Å². The smallest absolute Gasteiger partial charge is 0.340 e. The van der Waals surface area contributed by atoms with Crippen LogP contribution in [-0.4, -0.2) is 74.2 Å². The maximum atomic E-state index is 13.0. The van der Waals surface area contributed by atoms with Gasteiger partial charge >= 0.3 is 6.18 Å². The van der Waals surface area contributed by atoms with E-state index in [9.17, 15) is 26.4 Å². The molecule has 0 aliphatic carbocycles. The van der Waals surface area contributed by atoms with Crippen LogP contribution in [0.2, 0.25) is 0 Å². The van der Waals surface area contributed by atoms with E-state index in [4.69, 9.17) is 0 Å². The van der Waals surface area contributed by atoms with Crippen LogP contribution in [0.15, 0.2) is 29.2 Å². The van der Waals surface area contributed by atoms with Crippen molar-refractivity contribution in [1.82, 2.24) is 14.1 Å². The SMILES string of the molecule is CC(C)CCN1CCN(C(=O)C2CCN(S(=O)(=O)c3cccc(C(F)(F)F)c3)CC2)CC1. The second kappa shape index (κ2) is 10.1. The molecule has 0 N–H and O–H groups in total. The van der Waals surface area contributed by atoms with Crippen LogP contribution in [0.25, 0.3) is 0 Å². The summed E-state index contributed by atoms with van der Waals surface area (Å²) in [4.78, 5) is 16.8. The minimum absolute atomic E-state index is 0.0598. The topological polar surface area (TPSA) is 60.9 Å². The van der Waals surface area contributed by atoms with Gasteiger partial charge in [0.15, 0.2) is 0 Å². The third-order valence-electron chi connectivity index (χ3n) is 6.31. The van der Waals surface area contributed by atoms with Crippen molar-refractivity contribution in [1.29, 1.82) is 0 Å². The normalized spacial score (nSPS) is 20.1. The minimum atomic E-state index is -4.61. The number of carbonyl (C=O) groups excluding carboxylic acids is 1. The minimum Gasteiger partial charge on any atom is -0.340 e. The van der Waals surface area contributed by atoms with E-state index in [1.54, 1.807) is 0 Å². The summed E-state index contributed by atoms with van der Waals surface area (Å²) in [5, 5.41) is 0. The number of sulfonamides is 1. The fraction of sp³-hybridized carbons (Fsp3) is 0.682. The largest absolute Gasteiger partial charge is 0.416 e. The fourth-order valence-electron chi connectivity index (χ4n) is 4.22. The Labute approximate surface area is 188 Å². The maximum absolute atomic E-state index is 13.0. The van der Waals surface area contributed by atoms with Gasteiger partial charge in [0.2, 0.25) is 15.9 Å². The lowest BCUT2D eigenvalue weighted by atomic mass is 9.96. The highest BCUT2D eigenvalue weighted by molar-refractivity contribution is 7.89. The molecule has 1 aromatic carbocycles. The summed E-state index contributed by atoms with van der Waals surface area (Å²) in [6, 6.07) is 3.81. The average molecular weight is 476 g/mol. The Morgan fingerprint density at radius 3 is 2.25 bits per heavy atom. The molecule has 0 unspecified atom stereocenters. The molecule has 6 nitrogen and oxygen atoms in total. The Morgan fingerprint density at radius 2 is 1.69 bits per heavy atom. The Morgan fingerprint density at radius 1 is 1.06 bits per heavy atom. The van der Waals surface area contributed by atoms with Crippen molar-refractivity contribution >= 4 is 15.9 Å². The summed E-state index contributed by atoms with van der Waals surface area (Å²) >= 11 is 0. The lowest BCUT2D eigenvalue weighted by Crippen LogP contribution is -2.52. The van der Waals surface area contributed by atoms with Gasteiger partial charge in [0, 0.05) is 45.2 Å². The Hall–Kier alpha value is -1.65. The van der Waals surface area contributed by atoms with Crippen molar-refractivity contribution in [2.24, 2.45) is 11.8 Å². The molecule has 2 heterocycles. The lowest BCUT2D eigenvalue weighted by molar-refractivity contribution is -0.139. The van der Waals surface area contributed by atoms with Crippen molar-refractivity contribution in [3.63, 3.8) is 0 Å². The van der Waals surface area contributed by atoms with Gasteiger partial charge in [0.25, 0.3) is 0 Å². The summed E-state index contributed by atoms with van der Waals surface area (Å²) in [5.74, 6) is 0.460. The van der Waals surface area contributed by atoms with E-state index in [2.05, 4.69) is 18.7 Å². The van der Waals surface area contributed by atoms with Gasteiger partial charge in [0.1, 0.15) is 0 Å².